The molecule has 1 saturated heterocycles. The fourth-order valence-corrected chi connectivity index (χ4v) is 0.777. The molecule has 1 heterocycles. The largest absolute Gasteiger partial charge is 0.376 e. The molecule has 6 heavy (non-hydrogen) atoms. The third-order valence-corrected chi connectivity index (χ3v) is 2.40. The SMILES string of the molecule is CC1OCC1I. The van der Waals surface area contributed by atoms with Gasteiger partial charge in [0, 0.05) is 0 Å². The molecule has 0 saturated carbocycles. The summed E-state index contributed by atoms with van der Waals surface area (Å²) >= 11 is 2.39. The van der Waals surface area contributed by atoms with Gasteiger partial charge in [-0.1, -0.05) is 22.6 Å². The van der Waals surface area contributed by atoms with Crippen LogP contribution >= 0.6 is 22.6 Å². The van der Waals surface area contributed by atoms with Crippen LogP contribution < -0.4 is 0 Å². The van der Waals surface area contributed by atoms with E-state index in [-0.39, 0.29) is 0 Å². The van der Waals surface area contributed by atoms with E-state index in [1.165, 1.54) is 0 Å². The van der Waals surface area contributed by atoms with Crippen LogP contribution in [-0.4, -0.2) is 16.6 Å². The number of rotatable bonds is 0. The molecule has 1 aliphatic heterocycles. The van der Waals surface area contributed by atoms with Crippen molar-refractivity contribution >= 4 is 22.6 Å². The fraction of sp³-hybridized carbons (Fsp3) is 1.00. The van der Waals surface area contributed by atoms with Gasteiger partial charge < -0.3 is 4.74 Å². The molecule has 1 rings (SSSR count). The van der Waals surface area contributed by atoms with Gasteiger partial charge in [0.2, 0.25) is 0 Å². The van der Waals surface area contributed by atoms with Crippen molar-refractivity contribution in [2.45, 2.75) is 17.0 Å². The van der Waals surface area contributed by atoms with Gasteiger partial charge >= 0.3 is 0 Å². The van der Waals surface area contributed by atoms with Crippen LogP contribution in [0.5, 0.6) is 0 Å². The van der Waals surface area contributed by atoms with Gasteiger partial charge in [0.1, 0.15) is 0 Å². The summed E-state index contributed by atoms with van der Waals surface area (Å²) in [4.78, 5) is 0. The molecule has 1 fully saturated rings. The molecule has 0 radical (unpaired) electrons. The number of ether oxygens (including phenoxy) is 1. The van der Waals surface area contributed by atoms with Gasteiger partial charge in [0.15, 0.2) is 0 Å². The van der Waals surface area contributed by atoms with E-state index >= 15 is 0 Å². The highest BCUT2D eigenvalue weighted by Crippen LogP contribution is 2.19. The van der Waals surface area contributed by atoms with Gasteiger partial charge in [0.25, 0.3) is 0 Å². The summed E-state index contributed by atoms with van der Waals surface area (Å²) in [6.45, 7) is 3.06. The Bertz CT molecular complexity index is 47.5. The minimum Gasteiger partial charge on any atom is -0.376 e. The van der Waals surface area contributed by atoms with Gasteiger partial charge in [-0.05, 0) is 6.92 Å². The smallest absolute Gasteiger partial charge is 0.0687 e. The van der Waals surface area contributed by atoms with Gasteiger partial charge in [-0.2, -0.15) is 0 Å². The number of hydrogen-bond acceptors (Lipinski definition) is 1. The zero-order valence-corrected chi connectivity index (χ0v) is 5.81. The van der Waals surface area contributed by atoms with Crippen LogP contribution in [0.4, 0.5) is 0 Å². The molecule has 0 aliphatic carbocycles. The van der Waals surface area contributed by atoms with Crippen LogP contribution in [0.15, 0.2) is 0 Å². The minimum atomic E-state index is 0.519. The molecule has 1 aliphatic rings. The lowest BCUT2D eigenvalue weighted by molar-refractivity contribution is -0.0222. The van der Waals surface area contributed by atoms with E-state index in [0.29, 0.717) is 6.10 Å². The molecule has 0 spiro atoms. The van der Waals surface area contributed by atoms with Gasteiger partial charge in [-0.3, -0.25) is 0 Å². The van der Waals surface area contributed by atoms with Crippen LogP contribution in [0.3, 0.4) is 0 Å². The first-order valence-electron chi connectivity index (χ1n) is 2.06. The lowest BCUT2D eigenvalue weighted by Gasteiger charge is -2.28. The summed E-state index contributed by atoms with van der Waals surface area (Å²) in [6.07, 6.45) is 0.519. The Kier molecular flexibility index (Phi) is 1.34. The Labute approximate surface area is 51.2 Å². The first-order chi connectivity index (χ1) is 2.80. The maximum absolute atomic E-state index is 5.04. The summed E-state index contributed by atoms with van der Waals surface area (Å²) in [5, 5.41) is 0. The highest BCUT2D eigenvalue weighted by Gasteiger charge is 2.23. The molecule has 36 valence electrons. The van der Waals surface area contributed by atoms with Crippen LogP contribution in [0.1, 0.15) is 6.92 Å². The van der Waals surface area contributed by atoms with Crippen molar-refractivity contribution in [3.63, 3.8) is 0 Å². The standard InChI is InChI=1S/C4H7IO/c1-3-4(5)2-6-3/h3-4H,2H2,1H3. The van der Waals surface area contributed by atoms with Crippen LogP contribution in [-0.2, 0) is 4.74 Å². The highest BCUT2D eigenvalue weighted by atomic mass is 127. The fourth-order valence-electron chi connectivity index (χ4n) is 0.361. The number of halogens is 1. The van der Waals surface area contributed by atoms with E-state index in [2.05, 4.69) is 29.5 Å². The molecular weight excluding hydrogens is 191 g/mol. The zero-order valence-electron chi connectivity index (χ0n) is 3.65. The van der Waals surface area contributed by atoms with Crippen molar-refractivity contribution in [2.75, 3.05) is 6.61 Å². The van der Waals surface area contributed by atoms with E-state index < -0.39 is 0 Å². The van der Waals surface area contributed by atoms with E-state index in [4.69, 9.17) is 4.74 Å². The van der Waals surface area contributed by atoms with Gasteiger partial charge in [-0.15, -0.1) is 0 Å². The molecule has 2 heteroatoms. The van der Waals surface area contributed by atoms with E-state index in [9.17, 15) is 0 Å². The summed E-state index contributed by atoms with van der Waals surface area (Å²) in [5.41, 5.74) is 0. The predicted octanol–water partition coefficient (Wildman–Crippen LogP) is 1.21. The highest BCUT2D eigenvalue weighted by molar-refractivity contribution is 14.1. The predicted molar refractivity (Wildman–Crippen MR) is 33.2 cm³/mol. The third-order valence-electron chi connectivity index (χ3n) is 1.03. The molecule has 2 unspecified atom stereocenters. The van der Waals surface area contributed by atoms with Crippen molar-refractivity contribution in [3.8, 4) is 0 Å². The van der Waals surface area contributed by atoms with Gasteiger partial charge in [0.05, 0.1) is 16.6 Å². The van der Waals surface area contributed by atoms with Crippen molar-refractivity contribution in [1.29, 1.82) is 0 Å². The molecule has 0 amide bonds. The lowest BCUT2D eigenvalue weighted by Crippen LogP contribution is -2.37. The average Bonchev–Trinajstić information content (AvgIpc) is 1.61. The summed E-state index contributed by atoms with van der Waals surface area (Å²) in [5.74, 6) is 0. The van der Waals surface area contributed by atoms with E-state index in [1.807, 2.05) is 0 Å². The molecule has 0 aromatic rings. The van der Waals surface area contributed by atoms with E-state index in [0.717, 1.165) is 10.5 Å². The zero-order chi connectivity index (χ0) is 4.57. The first-order valence-corrected chi connectivity index (χ1v) is 3.31. The Morgan fingerprint density at radius 1 is 1.83 bits per heavy atom. The normalized spacial score (nSPS) is 45.0. The maximum atomic E-state index is 5.04. The van der Waals surface area contributed by atoms with E-state index in [1.54, 1.807) is 0 Å². The number of alkyl halides is 1. The maximum Gasteiger partial charge on any atom is 0.0687 e. The van der Waals surface area contributed by atoms with Crippen LogP contribution in [0.2, 0.25) is 0 Å². The first kappa shape index (κ1) is 4.84. The number of hydrogen-bond donors (Lipinski definition) is 0. The van der Waals surface area contributed by atoms with Crippen molar-refractivity contribution < 1.29 is 4.74 Å². The Morgan fingerprint density at radius 2 is 2.33 bits per heavy atom. The molecule has 1 nitrogen and oxygen atoms in total. The molecule has 0 N–H and O–H groups in total. The second-order valence-corrected chi connectivity index (χ2v) is 3.15. The molecular formula is C4H7IO. The van der Waals surface area contributed by atoms with Crippen molar-refractivity contribution in [2.24, 2.45) is 0 Å². The molecule has 0 bridgehead atoms. The topological polar surface area (TPSA) is 9.23 Å². The molecule has 2 atom stereocenters. The Balaban J connectivity index is 2.20. The van der Waals surface area contributed by atoms with Crippen molar-refractivity contribution in [3.05, 3.63) is 0 Å². The average molecular weight is 198 g/mol. The van der Waals surface area contributed by atoms with Gasteiger partial charge in [-0.25, -0.2) is 0 Å². The minimum absolute atomic E-state index is 0.519. The monoisotopic (exact) mass is 198 g/mol. The quantitative estimate of drug-likeness (QED) is 0.419. The van der Waals surface area contributed by atoms with Crippen molar-refractivity contribution in [1.82, 2.24) is 0 Å². The lowest BCUT2D eigenvalue weighted by atomic mass is 10.2. The molecule has 0 aromatic heterocycles. The second kappa shape index (κ2) is 1.66. The summed E-state index contributed by atoms with van der Waals surface area (Å²) in [7, 11) is 0. The Hall–Kier alpha value is 0.690. The Morgan fingerprint density at radius 3 is 2.33 bits per heavy atom. The summed E-state index contributed by atoms with van der Waals surface area (Å²) in [6, 6.07) is 0. The summed E-state index contributed by atoms with van der Waals surface area (Å²) < 4.78 is 5.82. The van der Waals surface area contributed by atoms with Crippen LogP contribution in [0.25, 0.3) is 0 Å². The third kappa shape index (κ3) is 0.680. The second-order valence-electron chi connectivity index (χ2n) is 1.55. The van der Waals surface area contributed by atoms with Crippen LogP contribution in [0, 0.1) is 0 Å². The molecule has 0 aromatic carbocycles.